The third kappa shape index (κ3) is 5.68. The Morgan fingerprint density at radius 3 is 2.62 bits per heavy atom. The van der Waals surface area contributed by atoms with Crippen LogP contribution in [0.4, 0.5) is 18.9 Å². The van der Waals surface area contributed by atoms with Crippen molar-refractivity contribution in [2.75, 3.05) is 19.0 Å². The second-order valence-corrected chi connectivity index (χ2v) is 8.48. The number of carbonyl (C=O) groups is 2. The van der Waals surface area contributed by atoms with E-state index >= 15 is 0 Å². The molecule has 11 heteroatoms. The lowest BCUT2D eigenvalue weighted by Crippen LogP contribution is -2.27. The molecule has 0 saturated carbocycles. The van der Waals surface area contributed by atoms with Gasteiger partial charge in [-0.25, -0.2) is 4.98 Å². The fourth-order valence-corrected chi connectivity index (χ4v) is 4.18. The number of benzene rings is 2. The molecule has 6 nitrogen and oxygen atoms in total. The van der Waals surface area contributed by atoms with Crippen LogP contribution < -0.4 is 15.4 Å². The molecule has 170 valence electrons. The Hall–Kier alpha value is -2.85. The number of anilines is 1. The van der Waals surface area contributed by atoms with Crippen molar-refractivity contribution in [2.24, 2.45) is 0 Å². The second-order valence-electron chi connectivity index (χ2n) is 6.84. The fourth-order valence-electron chi connectivity index (χ4n) is 3.06. The van der Waals surface area contributed by atoms with Crippen LogP contribution in [0.15, 0.2) is 30.3 Å². The van der Waals surface area contributed by atoms with Crippen LogP contribution >= 0.6 is 22.9 Å². The molecule has 0 aliphatic rings. The first-order valence-electron chi connectivity index (χ1n) is 9.49. The van der Waals surface area contributed by atoms with E-state index in [2.05, 4.69) is 15.6 Å². The van der Waals surface area contributed by atoms with Crippen LogP contribution in [0.25, 0.3) is 10.2 Å². The van der Waals surface area contributed by atoms with Crippen molar-refractivity contribution < 1.29 is 27.5 Å². The van der Waals surface area contributed by atoms with Gasteiger partial charge in [0.1, 0.15) is 11.3 Å². The molecule has 3 aromatic rings. The average Bonchev–Trinajstić information content (AvgIpc) is 3.09. The molecule has 1 aromatic heterocycles. The topological polar surface area (TPSA) is 80.3 Å². The van der Waals surface area contributed by atoms with Gasteiger partial charge in [-0.15, -0.1) is 11.3 Å². The average molecular weight is 486 g/mol. The summed E-state index contributed by atoms with van der Waals surface area (Å²) >= 11 is 7.37. The number of aryl methyl sites for hydroxylation is 1. The summed E-state index contributed by atoms with van der Waals surface area (Å²) in [5, 5.41) is 6.15. The van der Waals surface area contributed by atoms with Crippen LogP contribution in [0.1, 0.15) is 38.6 Å². The maximum atomic E-state index is 13.2. The minimum Gasteiger partial charge on any atom is -0.496 e. The Labute approximate surface area is 190 Å². The summed E-state index contributed by atoms with van der Waals surface area (Å²) in [6.45, 7) is 1.65. The third-order valence-corrected chi connectivity index (χ3v) is 5.71. The number of fused-ring (bicyclic) bond motifs is 1. The van der Waals surface area contributed by atoms with Crippen molar-refractivity contribution in [2.45, 2.75) is 25.9 Å². The zero-order valence-corrected chi connectivity index (χ0v) is 18.7. The van der Waals surface area contributed by atoms with Gasteiger partial charge in [0.2, 0.25) is 0 Å². The highest BCUT2D eigenvalue weighted by atomic mass is 35.5. The third-order valence-electron chi connectivity index (χ3n) is 4.47. The molecular weight excluding hydrogens is 467 g/mol. The van der Waals surface area contributed by atoms with Crippen molar-refractivity contribution in [3.63, 3.8) is 0 Å². The number of hydrogen-bond donors (Lipinski definition) is 2. The molecule has 0 aliphatic carbocycles. The molecule has 0 aliphatic heterocycles. The van der Waals surface area contributed by atoms with Crippen LogP contribution in [0, 0.1) is 6.92 Å². The van der Waals surface area contributed by atoms with Crippen LogP contribution in [0.3, 0.4) is 0 Å². The molecule has 0 atom stereocenters. The van der Waals surface area contributed by atoms with E-state index in [1.165, 1.54) is 36.6 Å². The number of nitrogens with one attached hydrogen (secondary N) is 2. The molecule has 2 aromatic carbocycles. The Morgan fingerprint density at radius 1 is 1.19 bits per heavy atom. The summed E-state index contributed by atoms with van der Waals surface area (Å²) < 4.78 is 42.9. The molecule has 32 heavy (non-hydrogen) atoms. The maximum Gasteiger partial charge on any atom is 0.389 e. The lowest BCUT2D eigenvalue weighted by atomic mass is 10.1. The van der Waals surface area contributed by atoms with Crippen LogP contribution in [-0.4, -0.2) is 36.6 Å². The lowest BCUT2D eigenvalue weighted by molar-refractivity contribution is -0.135. The number of rotatable bonds is 7. The van der Waals surface area contributed by atoms with Gasteiger partial charge in [-0.05, 0) is 43.7 Å². The van der Waals surface area contributed by atoms with Gasteiger partial charge in [0, 0.05) is 18.0 Å². The van der Waals surface area contributed by atoms with Crippen LogP contribution in [0.2, 0.25) is 5.02 Å². The molecule has 0 spiro atoms. The number of hydrogen-bond acceptors (Lipinski definition) is 5. The Morgan fingerprint density at radius 2 is 1.94 bits per heavy atom. The van der Waals surface area contributed by atoms with Crippen LogP contribution in [-0.2, 0) is 0 Å². The van der Waals surface area contributed by atoms with E-state index in [-0.39, 0.29) is 34.8 Å². The molecule has 0 bridgehead atoms. The van der Waals surface area contributed by atoms with Gasteiger partial charge in [-0.3, -0.25) is 9.59 Å². The maximum absolute atomic E-state index is 13.2. The monoisotopic (exact) mass is 485 g/mol. The molecule has 0 unspecified atom stereocenters. The van der Waals surface area contributed by atoms with Crippen molar-refractivity contribution >= 4 is 50.7 Å². The Kier molecular flexibility index (Phi) is 7.25. The van der Waals surface area contributed by atoms with Gasteiger partial charge in [0.05, 0.1) is 33.6 Å². The normalized spacial score (nSPS) is 11.4. The molecule has 0 radical (unpaired) electrons. The standard InChI is InChI=1S/C21H19ClF3N3O3S/c1-11-27-14-6-7-16(31-2)17(18(14)32-11)20(30)28-15-10-12(22)4-5-13(15)19(29)26-9-3-8-21(23,24)25/h4-7,10H,3,8-9H2,1-2H3,(H,26,29)(H,28,30). The van der Waals surface area contributed by atoms with E-state index in [0.717, 1.165) is 5.01 Å². The second kappa shape index (κ2) is 9.74. The molecule has 3 rings (SSSR count). The zero-order chi connectivity index (χ0) is 23.5. The van der Waals surface area contributed by atoms with Gasteiger partial charge >= 0.3 is 6.18 Å². The SMILES string of the molecule is COc1ccc2nc(C)sc2c1C(=O)Nc1cc(Cl)ccc1C(=O)NCCCC(F)(F)F. The summed E-state index contributed by atoms with van der Waals surface area (Å²) in [6, 6.07) is 7.62. The van der Waals surface area contributed by atoms with E-state index in [1.54, 1.807) is 12.1 Å². The fraction of sp³-hybridized carbons (Fsp3) is 0.286. The minimum absolute atomic E-state index is 0.0707. The zero-order valence-electron chi connectivity index (χ0n) is 17.1. The number of amides is 2. The summed E-state index contributed by atoms with van der Waals surface area (Å²) in [7, 11) is 1.44. The quantitative estimate of drug-likeness (QED) is 0.427. The molecule has 0 saturated heterocycles. The van der Waals surface area contributed by atoms with E-state index in [9.17, 15) is 22.8 Å². The molecular formula is C21H19ClF3N3O3S. The highest BCUT2D eigenvalue weighted by molar-refractivity contribution is 7.19. The number of halogens is 4. The summed E-state index contributed by atoms with van der Waals surface area (Å²) in [5.74, 6) is -0.832. The van der Waals surface area contributed by atoms with Gasteiger partial charge < -0.3 is 15.4 Å². The first kappa shape index (κ1) is 23.8. The number of alkyl halides is 3. The minimum atomic E-state index is -4.29. The van der Waals surface area contributed by atoms with Crippen molar-refractivity contribution in [1.29, 1.82) is 0 Å². The number of aromatic nitrogens is 1. The number of carbonyl (C=O) groups excluding carboxylic acids is 2. The molecule has 1 heterocycles. The molecule has 2 N–H and O–H groups in total. The first-order valence-corrected chi connectivity index (χ1v) is 10.7. The Balaban J connectivity index is 1.85. The summed E-state index contributed by atoms with van der Waals surface area (Å²) in [4.78, 5) is 30.1. The van der Waals surface area contributed by atoms with Crippen molar-refractivity contribution in [3.8, 4) is 5.75 Å². The van der Waals surface area contributed by atoms with Crippen LogP contribution in [0.5, 0.6) is 5.75 Å². The van der Waals surface area contributed by atoms with Gasteiger partial charge in [-0.1, -0.05) is 11.6 Å². The summed E-state index contributed by atoms with van der Waals surface area (Å²) in [6.07, 6.45) is -5.55. The smallest absolute Gasteiger partial charge is 0.389 e. The lowest BCUT2D eigenvalue weighted by Gasteiger charge is -2.14. The predicted molar refractivity (Wildman–Crippen MR) is 118 cm³/mol. The largest absolute Gasteiger partial charge is 0.496 e. The number of thiazole rings is 1. The van der Waals surface area contributed by atoms with Crippen molar-refractivity contribution in [1.82, 2.24) is 10.3 Å². The highest BCUT2D eigenvalue weighted by Gasteiger charge is 2.26. The molecule has 2 amide bonds. The number of ether oxygens (including phenoxy) is 1. The van der Waals surface area contributed by atoms with Crippen molar-refractivity contribution in [3.05, 3.63) is 51.5 Å². The van der Waals surface area contributed by atoms with Gasteiger partial charge in [0.25, 0.3) is 11.8 Å². The van der Waals surface area contributed by atoms with E-state index < -0.39 is 24.4 Å². The van der Waals surface area contributed by atoms with E-state index in [0.29, 0.717) is 16.0 Å². The van der Waals surface area contributed by atoms with Gasteiger partial charge in [-0.2, -0.15) is 13.2 Å². The summed E-state index contributed by atoms with van der Waals surface area (Å²) in [5.41, 5.74) is 1.08. The van der Waals surface area contributed by atoms with Gasteiger partial charge in [0.15, 0.2) is 0 Å². The first-order chi connectivity index (χ1) is 15.1. The van der Waals surface area contributed by atoms with E-state index in [1.807, 2.05) is 6.92 Å². The Bertz CT molecular complexity index is 1160. The number of methoxy groups -OCH3 is 1. The van der Waals surface area contributed by atoms with E-state index in [4.69, 9.17) is 16.3 Å². The molecule has 0 fully saturated rings. The number of nitrogens with zero attached hydrogens (tertiary/aromatic N) is 1. The predicted octanol–water partition coefficient (Wildman–Crippen LogP) is 5.59. The highest BCUT2D eigenvalue weighted by Crippen LogP contribution is 2.33.